The summed E-state index contributed by atoms with van der Waals surface area (Å²) in [7, 11) is 0. The fourth-order valence-corrected chi connectivity index (χ4v) is 3.13. The summed E-state index contributed by atoms with van der Waals surface area (Å²) in [5, 5.41) is 13.6. The summed E-state index contributed by atoms with van der Waals surface area (Å²) in [5.74, 6) is 1.69. The van der Waals surface area contributed by atoms with Crippen LogP contribution in [-0.4, -0.2) is 58.4 Å². The van der Waals surface area contributed by atoms with E-state index in [2.05, 4.69) is 15.2 Å². The highest BCUT2D eigenvalue weighted by molar-refractivity contribution is 7.99. The second-order valence-corrected chi connectivity index (χ2v) is 6.10. The van der Waals surface area contributed by atoms with Gasteiger partial charge in [-0.2, -0.15) is 11.8 Å². The number of nitrogens with one attached hydrogen (secondary N) is 1. The summed E-state index contributed by atoms with van der Waals surface area (Å²) in [5.41, 5.74) is -0.402. The maximum atomic E-state index is 12.0. The summed E-state index contributed by atoms with van der Waals surface area (Å²) in [6.07, 6.45) is 0.999. The number of carbonyl (C=O) groups is 1. The molecule has 2 heterocycles. The van der Waals surface area contributed by atoms with Gasteiger partial charge in [0.1, 0.15) is 16.9 Å². The highest BCUT2D eigenvalue weighted by Gasteiger charge is 2.21. The molecule has 0 aliphatic carbocycles. The molecule has 0 bridgehead atoms. The second kappa shape index (κ2) is 7.58. The van der Waals surface area contributed by atoms with Crippen molar-refractivity contribution in [1.29, 1.82) is 0 Å². The van der Waals surface area contributed by atoms with E-state index in [-0.39, 0.29) is 16.4 Å². The van der Waals surface area contributed by atoms with E-state index in [1.54, 1.807) is 0 Å². The Hall–Kier alpha value is -1.38. The van der Waals surface area contributed by atoms with Crippen molar-refractivity contribution in [2.75, 3.05) is 37.7 Å². The molecule has 0 aromatic carbocycles. The standard InChI is InChI=1S/C12H15ClN4O3S/c13-11-7-9(10(8-15-11)17(19)20)12(18)14-1-2-16-3-5-21-6-4-16/h7-8H,1-6H2,(H,14,18). The summed E-state index contributed by atoms with van der Waals surface area (Å²) >= 11 is 7.61. The molecule has 2 rings (SSSR count). The number of halogens is 1. The van der Waals surface area contributed by atoms with Crippen LogP contribution in [0.1, 0.15) is 10.4 Å². The van der Waals surface area contributed by atoms with E-state index in [1.807, 2.05) is 11.8 Å². The van der Waals surface area contributed by atoms with Crippen LogP contribution in [0.4, 0.5) is 5.69 Å². The van der Waals surface area contributed by atoms with Crippen LogP contribution in [-0.2, 0) is 0 Å². The third kappa shape index (κ3) is 4.55. The lowest BCUT2D eigenvalue weighted by Gasteiger charge is -2.25. The molecule has 0 saturated carbocycles. The van der Waals surface area contributed by atoms with Gasteiger partial charge in [-0.3, -0.25) is 19.8 Å². The van der Waals surface area contributed by atoms with Crippen LogP contribution in [0.3, 0.4) is 0 Å². The van der Waals surface area contributed by atoms with Gasteiger partial charge in [0.05, 0.1) is 4.92 Å². The van der Waals surface area contributed by atoms with Crippen molar-refractivity contribution >= 4 is 35.0 Å². The zero-order valence-electron chi connectivity index (χ0n) is 11.2. The quantitative estimate of drug-likeness (QED) is 0.499. The molecule has 1 aromatic rings. The molecule has 0 atom stereocenters. The molecule has 0 unspecified atom stereocenters. The minimum atomic E-state index is -0.639. The third-order valence-corrected chi connectivity index (χ3v) is 4.26. The first-order valence-electron chi connectivity index (χ1n) is 6.46. The number of aromatic nitrogens is 1. The van der Waals surface area contributed by atoms with Crippen molar-refractivity contribution in [3.63, 3.8) is 0 Å². The van der Waals surface area contributed by atoms with E-state index in [0.29, 0.717) is 6.54 Å². The van der Waals surface area contributed by atoms with Crippen molar-refractivity contribution in [2.24, 2.45) is 0 Å². The number of thioether (sulfide) groups is 1. The molecule has 9 heteroatoms. The van der Waals surface area contributed by atoms with Crippen molar-refractivity contribution in [3.8, 4) is 0 Å². The van der Waals surface area contributed by atoms with Crippen LogP contribution in [0.2, 0.25) is 5.15 Å². The third-order valence-electron chi connectivity index (χ3n) is 3.11. The molecule has 1 aliphatic rings. The van der Waals surface area contributed by atoms with Crippen LogP contribution in [0.5, 0.6) is 0 Å². The molecule has 1 N–H and O–H groups in total. The van der Waals surface area contributed by atoms with Gasteiger partial charge in [0.15, 0.2) is 0 Å². The fraction of sp³-hybridized carbons (Fsp3) is 0.500. The monoisotopic (exact) mass is 330 g/mol. The molecule has 1 fully saturated rings. The Morgan fingerprint density at radius 3 is 2.90 bits per heavy atom. The maximum Gasteiger partial charge on any atom is 0.300 e. The van der Waals surface area contributed by atoms with Crippen LogP contribution in [0.15, 0.2) is 12.3 Å². The molecule has 1 aliphatic heterocycles. The van der Waals surface area contributed by atoms with Gasteiger partial charge in [-0.15, -0.1) is 0 Å². The predicted octanol–water partition coefficient (Wildman–Crippen LogP) is 1.42. The van der Waals surface area contributed by atoms with E-state index in [9.17, 15) is 14.9 Å². The van der Waals surface area contributed by atoms with Gasteiger partial charge in [0.25, 0.3) is 11.6 Å². The fourth-order valence-electron chi connectivity index (χ4n) is 2.00. The molecule has 0 radical (unpaired) electrons. The highest BCUT2D eigenvalue weighted by Crippen LogP contribution is 2.20. The van der Waals surface area contributed by atoms with Crippen molar-refractivity contribution in [1.82, 2.24) is 15.2 Å². The molecule has 21 heavy (non-hydrogen) atoms. The normalized spacial score (nSPS) is 15.7. The van der Waals surface area contributed by atoms with Crippen LogP contribution < -0.4 is 5.32 Å². The predicted molar refractivity (Wildman–Crippen MR) is 82.0 cm³/mol. The molecular formula is C12H15ClN4O3S. The Labute approximate surface area is 131 Å². The molecule has 0 spiro atoms. The van der Waals surface area contributed by atoms with E-state index < -0.39 is 10.8 Å². The number of carbonyl (C=O) groups excluding carboxylic acids is 1. The highest BCUT2D eigenvalue weighted by atomic mass is 35.5. The number of nitro groups is 1. The van der Waals surface area contributed by atoms with Gasteiger partial charge < -0.3 is 5.32 Å². The molecule has 114 valence electrons. The zero-order valence-corrected chi connectivity index (χ0v) is 12.8. The lowest BCUT2D eigenvalue weighted by molar-refractivity contribution is -0.385. The summed E-state index contributed by atoms with van der Waals surface area (Å²) in [6.45, 7) is 3.18. The first kappa shape index (κ1) is 16.0. The Balaban J connectivity index is 1.93. The summed E-state index contributed by atoms with van der Waals surface area (Å²) in [4.78, 5) is 28.2. The lowest BCUT2D eigenvalue weighted by Crippen LogP contribution is -2.39. The summed E-state index contributed by atoms with van der Waals surface area (Å²) in [6, 6.07) is 1.21. The molecule has 1 aromatic heterocycles. The number of hydrogen-bond acceptors (Lipinski definition) is 6. The van der Waals surface area contributed by atoms with Crippen LogP contribution >= 0.6 is 23.4 Å². The lowest BCUT2D eigenvalue weighted by atomic mass is 10.2. The van der Waals surface area contributed by atoms with E-state index in [0.717, 1.165) is 37.3 Å². The van der Waals surface area contributed by atoms with Crippen LogP contribution in [0, 0.1) is 10.1 Å². The first-order chi connectivity index (χ1) is 10.1. The zero-order chi connectivity index (χ0) is 15.2. The van der Waals surface area contributed by atoms with Crippen molar-refractivity contribution in [3.05, 3.63) is 33.1 Å². The van der Waals surface area contributed by atoms with Crippen molar-refractivity contribution in [2.45, 2.75) is 0 Å². The minimum Gasteiger partial charge on any atom is -0.351 e. The first-order valence-corrected chi connectivity index (χ1v) is 7.99. The van der Waals surface area contributed by atoms with Gasteiger partial charge in [0, 0.05) is 37.7 Å². The number of rotatable bonds is 5. The van der Waals surface area contributed by atoms with Gasteiger partial charge in [-0.25, -0.2) is 4.98 Å². The SMILES string of the molecule is O=C(NCCN1CCSCC1)c1cc(Cl)ncc1[N+](=O)[O-]. The maximum absolute atomic E-state index is 12.0. The van der Waals surface area contributed by atoms with Gasteiger partial charge in [-0.05, 0) is 6.07 Å². The second-order valence-electron chi connectivity index (χ2n) is 4.49. The molecule has 1 saturated heterocycles. The number of pyridine rings is 1. The molecule has 7 nitrogen and oxygen atoms in total. The average molecular weight is 331 g/mol. The van der Waals surface area contributed by atoms with Gasteiger partial charge in [0.2, 0.25) is 0 Å². The minimum absolute atomic E-state index is 0.0544. The molecular weight excluding hydrogens is 316 g/mol. The molecule has 1 amide bonds. The van der Waals surface area contributed by atoms with E-state index in [1.165, 1.54) is 6.07 Å². The van der Waals surface area contributed by atoms with Crippen LogP contribution in [0.25, 0.3) is 0 Å². The average Bonchev–Trinajstić information content (AvgIpc) is 2.47. The van der Waals surface area contributed by atoms with Gasteiger partial charge >= 0.3 is 0 Å². The Morgan fingerprint density at radius 2 is 2.24 bits per heavy atom. The largest absolute Gasteiger partial charge is 0.351 e. The van der Waals surface area contributed by atoms with E-state index >= 15 is 0 Å². The van der Waals surface area contributed by atoms with Crippen molar-refractivity contribution < 1.29 is 9.72 Å². The van der Waals surface area contributed by atoms with E-state index in [4.69, 9.17) is 11.6 Å². The number of amides is 1. The Bertz CT molecular complexity index is 537. The summed E-state index contributed by atoms with van der Waals surface area (Å²) < 4.78 is 0. The Morgan fingerprint density at radius 1 is 1.52 bits per heavy atom. The number of hydrogen-bond donors (Lipinski definition) is 1. The Kier molecular flexibility index (Phi) is 5.77. The number of nitrogens with zero attached hydrogens (tertiary/aromatic N) is 3. The van der Waals surface area contributed by atoms with Gasteiger partial charge in [-0.1, -0.05) is 11.6 Å². The smallest absolute Gasteiger partial charge is 0.300 e. The topological polar surface area (TPSA) is 88.4 Å².